The topological polar surface area (TPSA) is 81.8 Å². The summed E-state index contributed by atoms with van der Waals surface area (Å²) in [5.41, 5.74) is 5.26. The third-order valence-electron chi connectivity index (χ3n) is 5.64. The summed E-state index contributed by atoms with van der Waals surface area (Å²) >= 11 is 5.46. The number of carbonyl (C=O) groups excluding carboxylic acids is 3. The Morgan fingerprint density at radius 3 is 2.36 bits per heavy atom. The molecule has 184 valence electrons. The number of anilines is 2. The van der Waals surface area contributed by atoms with Gasteiger partial charge in [-0.3, -0.25) is 24.7 Å². The number of benzene rings is 3. The van der Waals surface area contributed by atoms with Gasteiger partial charge in [-0.1, -0.05) is 23.8 Å². The van der Waals surface area contributed by atoms with Gasteiger partial charge in [0.2, 0.25) is 11.0 Å². The first kappa shape index (κ1) is 24.9. The van der Waals surface area contributed by atoms with Gasteiger partial charge in [-0.2, -0.15) is 0 Å². The van der Waals surface area contributed by atoms with Gasteiger partial charge in [-0.25, -0.2) is 13.8 Å². The maximum absolute atomic E-state index is 13.6. The molecule has 3 amide bonds. The molecule has 1 atom stereocenters. The van der Waals surface area contributed by atoms with Gasteiger partial charge in [-0.05, 0) is 80.2 Å². The standard InChI is InChI=1S/C26H22F2N4O3S/c1-15-6-11-21(16(2)12-15)29-23(33)14-22-25(35)31(20-9-7-18(27)8-10-20)26(36)32(22)30-24(34)17-4-3-5-19(28)13-17/h3-13,22H,14H2,1-2H3,(H,29,33)(H,30,34). The molecule has 0 spiro atoms. The number of rotatable bonds is 6. The van der Waals surface area contributed by atoms with E-state index in [4.69, 9.17) is 12.2 Å². The Morgan fingerprint density at radius 2 is 1.69 bits per heavy atom. The summed E-state index contributed by atoms with van der Waals surface area (Å²) in [5.74, 6) is -2.89. The lowest BCUT2D eigenvalue weighted by atomic mass is 10.1. The average Bonchev–Trinajstić information content (AvgIpc) is 3.05. The third-order valence-corrected chi connectivity index (χ3v) is 6.02. The van der Waals surface area contributed by atoms with Crippen LogP contribution in [0.3, 0.4) is 0 Å². The second kappa shape index (κ2) is 10.2. The number of carbonyl (C=O) groups is 3. The molecule has 3 aromatic rings. The van der Waals surface area contributed by atoms with Crippen LogP contribution in [0.2, 0.25) is 0 Å². The van der Waals surface area contributed by atoms with E-state index in [0.717, 1.165) is 27.1 Å². The van der Waals surface area contributed by atoms with Crippen molar-refractivity contribution in [2.45, 2.75) is 26.3 Å². The SMILES string of the molecule is Cc1ccc(NC(=O)CC2C(=O)N(c3ccc(F)cc3)C(=S)N2NC(=O)c2cccc(F)c2)c(C)c1. The Labute approximate surface area is 211 Å². The van der Waals surface area contributed by atoms with Crippen LogP contribution in [-0.2, 0) is 9.59 Å². The fourth-order valence-electron chi connectivity index (χ4n) is 3.86. The highest BCUT2D eigenvalue weighted by molar-refractivity contribution is 7.80. The zero-order chi connectivity index (χ0) is 26.0. The van der Waals surface area contributed by atoms with Crippen molar-refractivity contribution in [3.8, 4) is 0 Å². The number of nitrogens with one attached hydrogen (secondary N) is 2. The van der Waals surface area contributed by atoms with Gasteiger partial charge in [0, 0.05) is 11.3 Å². The van der Waals surface area contributed by atoms with Crippen molar-refractivity contribution < 1.29 is 23.2 Å². The predicted molar refractivity (Wildman–Crippen MR) is 135 cm³/mol. The van der Waals surface area contributed by atoms with Crippen molar-refractivity contribution in [1.29, 1.82) is 0 Å². The summed E-state index contributed by atoms with van der Waals surface area (Å²) in [6, 6.07) is 14.4. The van der Waals surface area contributed by atoms with Gasteiger partial charge >= 0.3 is 0 Å². The molecule has 0 bridgehead atoms. The molecular formula is C26H22F2N4O3S. The van der Waals surface area contributed by atoms with Crippen LogP contribution in [0.25, 0.3) is 0 Å². The second-order valence-corrected chi connectivity index (χ2v) is 8.71. The summed E-state index contributed by atoms with van der Waals surface area (Å²) in [6.07, 6.45) is -0.340. The van der Waals surface area contributed by atoms with E-state index in [-0.39, 0.29) is 22.8 Å². The van der Waals surface area contributed by atoms with E-state index in [9.17, 15) is 23.2 Å². The molecule has 7 nitrogen and oxygen atoms in total. The number of hydrogen-bond acceptors (Lipinski definition) is 4. The van der Waals surface area contributed by atoms with Crippen LogP contribution in [0.1, 0.15) is 27.9 Å². The van der Waals surface area contributed by atoms with Crippen molar-refractivity contribution in [1.82, 2.24) is 10.4 Å². The molecule has 0 saturated carbocycles. The van der Waals surface area contributed by atoms with Crippen LogP contribution in [0.15, 0.2) is 66.7 Å². The largest absolute Gasteiger partial charge is 0.326 e. The molecule has 2 N–H and O–H groups in total. The number of hydrazine groups is 1. The monoisotopic (exact) mass is 508 g/mol. The Hall–Kier alpha value is -4.18. The third kappa shape index (κ3) is 5.23. The Kier molecular flexibility index (Phi) is 7.07. The zero-order valence-corrected chi connectivity index (χ0v) is 20.2. The minimum Gasteiger partial charge on any atom is -0.326 e. The smallest absolute Gasteiger partial charge is 0.269 e. The molecule has 0 radical (unpaired) electrons. The van der Waals surface area contributed by atoms with Crippen LogP contribution in [-0.4, -0.2) is 33.9 Å². The molecule has 1 heterocycles. The number of hydrogen-bond donors (Lipinski definition) is 2. The van der Waals surface area contributed by atoms with E-state index >= 15 is 0 Å². The fourth-order valence-corrected chi connectivity index (χ4v) is 4.23. The number of amides is 3. The van der Waals surface area contributed by atoms with Crippen molar-refractivity contribution in [2.24, 2.45) is 0 Å². The lowest BCUT2D eigenvalue weighted by molar-refractivity contribution is -0.124. The van der Waals surface area contributed by atoms with Gasteiger partial charge < -0.3 is 5.32 Å². The van der Waals surface area contributed by atoms with E-state index in [1.54, 1.807) is 6.07 Å². The van der Waals surface area contributed by atoms with Gasteiger partial charge in [-0.15, -0.1) is 0 Å². The number of halogens is 2. The van der Waals surface area contributed by atoms with E-state index in [1.807, 2.05) is 26.0 Å². The molecule has 10 heteroatoms. The van der Waals surface area contributed by atoms with Crippen LogP contribution in [0, 0.1) is 25.5 Å². The number of nitrogens with zero attached hydrogens (tertiary/aromatic N) is 2. The van der Waals surface area contributed by atoms with Crippen molar-refractivity contribution >= 4 is 46.4 Å². The molecule has 1 aliphatic rings. The van der Waals surface area contributed by atoms with Gasteiger partial charge in [0.25, 0.3) is 11.8 Å². The average molecular weight is 509 g/mol. The summed E-state index contributed by atoms with van der Waals surface area (Å²) in [4.78, 5) is 40.3. The molecule has 0 aromatic heterocycles. The van der Waals surface area contributed by atoms with Crippen LogP contribution >= 0.6 is 12.2 Å². The van der Waals surface area contributed by atoms with Gasteiger partial charge in [0.05, 0.1) is 12.1 Å². The van der Waals surface area contributed by atoms with Gasteiger partial charge in [0.1, 0.15) is 17.7 Å². The second-order valence-electron chi connectivity index (χ2n) is 8.34. The Balaban J connectivity index is 1.61. The molecule has 36 heavy (non-hydrogen) atoms. The van der Waals surface area contributed by atoms with Crippen LogP contribution in [0.5, 0.6) is 0 Å². The molecule has 0 aliphatic carbocycles. The molecule has 4 rings (SSSR count). The predicted octanol–water partition coefficient (Wildman–Crippen LogP) is 4.26. The molecule has 3 aromatic carbocycles. The van der Waals surface area contributed by atoms with E-state index in [0.29, 0.717) is 5.69 Å². The maximum atomic E-state index is 13.6. The number of aryl methyl sites for hydroxylation is 2. The molecule has 1 unspecified atom stereocenters. The van der Waals surface area contributed by atoms with E-state index in [2.05, 4.69) is 10.7 Å². The number of thiocarbonyl (C=S) groups is 1. The Morgan fingerprint density at radius 1 is 0.972 bits per heavy atom. The molecular weight excluding hydrogens is 486 g/mol. The molecule has 1 aliphatic heterocycles. The highest BCUT2D eigenvalue weighted by Gasteiger charge is 2.45. The summed E-state index contributed by atoms with van der Waals surface area (Å²) in [5, 5.41) is 3.78. The first-order chi connectivity index (χ1) is 17.1. The van der Waals surface area contributed by atoms with Crippen molar-refractivity contribution in [3.05, 3.63) is 95.1 Å². The van der Waals surface area contributed by atoms with Crippen molar-refractivity contribution in [2.75, 3.05) is 10.2 Å². The van der Waals surface area contributed by atoms with Crippen molar-refractivity contribution in [3.63, 3.8) is 0 Å². The fraction of sp³-hybridized carbons (Fsp3) is 0.154. The quantitative estimate of drug-likeness (QED) is 0.487. The first-order valence-electron chi connectivity index (χ1n) is 11.0. The Bertz CT molecular complexity index is 1360. The van der Waals surface area contributed by atoms with E-state index in [1.165, 1.54) is 42.5 Å². The van der Waals surface area contributed by atoms with Crippen LogP contribution in [0.4, 0.5) is 20.2 Å². The molecule has 1 saturated heterocycles. The zero-order valence-electron chi connectivity index (χ0n) is 19.4. The highest BCUT2D eigenvalue weighted by atomic mass is 32.1. The highest BCUT2D eigenvalue weighted by Crippen LogP contribution is 2.27. The summed E-state index contributed by atoms with van der Waals surface area (Å²) in [6.45, 7) is 3.78. The summed E-state index contributed by atoms with van der Waals surface area (Å²) in [7, 11) is 0. The van der Waals surface area contributed by atoms with Gasteiger partial charge in [0.15, 0.2) is 0 Å². The van der Waals surface area contributed by atoms with E-state index < -0.39 is 35.4 Å². The lowest BCUT2D eigenvalue weighted by Crippen LogP contribution is -2.49. The normalized spacial score (nSPS) is 15.3. The maximum Gasteiger partial charge on any atom is 0.269 e. The first-order valence-corrected chi connectivity index (χ1v) is 11.4. The minimum atomic E-state index is -1.19. The van der Waals surface area contributed by atoms with Crippen LogP contribution < -0.4 is 15.6 Å². The summed E-state index contributed by atoms with van der Waals surface area (Å²) < 4.78 is 27.1. The lowest BCUT2D eigenvalue weighted by Gasteiger charge is -2.24. The molecule has 1 fully saturated rings. The minimum absolute atomic E-state index is 0.00367.